The van der Waals surface area contributed by atoms with Gasteiger partial charge in [0.25, 0.3) is 5.91 Å². The van der Waals surface area contributed by atoms with Crippen LogP contribution in [0.2, 0.25) is 0 Å². The number of carbonyl (C=O) groups excluding carboxylic acids is 1. The third kappa shape index (κ3) is 3.73. The number of furan rings is 1. The van der Waals surface area contributed by atoms with Crippen molar-refractivity contribution in [3.8, 4) is 17.1 Å². The first-order valence-corrected chi connectivity index (χ1v) is 8.66. The van der Waals surface area contributed by atoms with Gasteiger partial charge < -0.3 is 4.42 Å². The maximum atomic E-state index is 12.1. The van der Waals surface area contributed by atoms with Gasteiger partial charge in [0.2, 0.25) is 0 Å². The number of hydrazone groups is 1. The van der Waals surface area contributed by atoms with Crippen LogP contribution in [-0.2, 0) is 0 Å². The molecule has 0 bridgehead atoms. The molecule has 0 saturated carbocycles. The van der Waals surface area contributed by atoms with Crippen LogP contribution in [0, 0.1) is 6.92 Å². The van der Waals surface area contributed by atoms with E-state index in [1.54, 1.807) is 35.4 Å². The van der Waals surface area contributed by atoms with Gasteiger partial charge in [-0.3, -0.25) is 9.78 Å². The Morgan fingerprint density at radius 3 is 2.61 bits per heavy atom. The van der Waals surface area contributed by atoms with E-state index in [4.69, 9.17) is 4.42 Å². The van der Waals surface area contributed by atoms with E-state index in [0.29, 0.717) is 22.6 Å². The van der Waals surface area contributed by atoms with E-state index < -0.39 is 0 Å². The number of rotatable bonds is 5. The molecule has 7 nitrogen and oxygen atoms in total. The zero-order chi connectivity index (χ0) is 19.3. The summed E-state index contributed by atoms with van der Waals surface area (Å²) in [5.41, 5.74) is 5.26. The molecule has 0 atom stereocenters. The van der Waals surface area contributed by atoms with Crippen LogP contribution in [0.1, 0.15) is 21.7 Å². The van der Waals surface area contributed by atoms with Gasteiger partial charge >= 0.3 is 0 Å². The van der Waals surface area contributed by atoms with Crippen molar-refractivity contribution >= 4 is 12.1 Å². The van der Waals surface area contributed by atoms with Gasteiger partial charge in [0.1, 0.15) is 11.5 Å². The van der Waals surface area contributed by atoms with Gasteiger partial charge in [0.05, 0.1) is 11.9 Å². The Balaban J connectivity index is 1.63. The lowest BCUT2D eigenvalue weighted by Crippen LogP contribution is -2.17. The number of amides is 1. The van der Waals surface area contributed by atoms with Crippen molar-refractivity contribution in [3.63, 3.8) is 0 Å². The van der Waals surface area contributed by atoms with Crippen LogP contribution in [0.25, 0.3) is 17.1 Å². The second kappa shape index (κ2) is 7.71. The summed E-state index contributed by atoms with van der Waals surface area (Å²) in [5, 5.41) is 8.71. The lowest BCUT2D eigenvalue weighted by Gasteiger charge is -1.98. The number of aryl methyl sites for hydroxylation is 1. The highest BCUT2D eigenvalue weighted by atomic mass is 16.3. The van der Waals surface area contributed by atoms with Gasteiger partial charge in [-0.1, -0.05) is 18.2 Å². The summed E-state index contributed by atoms with van der Waals surface area (Å²) < 4.78 is 7.47. The smallest absolute Gasteiger partial charge is 0.271 e. The molecule has 1 amide bonds. The summed E-state index contributed by atoms with van der Waals surface area (Å²) >= 11 is 0. The molecular weight excluding hydrogens is 354 g/mol. The Morgan fingerprint density at radius 1 is 1.11 bits per heavy atom. The minimum atomic E-state index is -0.315. The van der Waals surface area contributed by atoms with Crippen LogP contribution >= 0.6 is 0 Å². The maximum absolute atomic E-state index is 12.1. The fourth-order valence-corrected chi connectivity index (χ4v) is 2.68. The Morgan fingerprint density at radius 2 is 1.89 bits per heavy atom. The Kier molecular flexibility index (Phi) is 4.79. The highest BCUT2D eigenvalue weighted by molar-refractivity contribution is 5.95. The molecule has 0 fully saturated rings. The number of nitrogens with one attached hydrogen (secondary N) is 1. The number of hydrogen-bond donors (Lipinski definition) is 1. The molecule has 0 saturated heterocycles. The van der Waals surface area contributed by atoms with Gasteiger partial charge in [0, 0.05) is 29.7 Å². The summed E-state index contributed by atoms with van der Waals surface area (Å²) in [6.45, 7) is 1.88. The second-order valence-corrected chi connectivity index (χ2v) is 6.06. The first kappa shape index (κ1) is 17.4. The van der Waals surface area contributed by atoms with Crippen molar-refractivity contribution in [3.05, 3.63) is 90.1 Å². The monoisotopic (exact) mass is 371 g/mol. The summed E-state index contributed by atoms with van der Waals surface area (Å²) in [6.07, 6.45) is 6.50. The molecule has 0 aliphatic heterocycles. The van der Waals surface area contributed by atoms with E-state index in [1.807, 2.05) is 55.6 Å². The average Bonchev–Trinajstić information content (AvgIpc) is 3.35. The molecule has 0 unspecified atom stereocenters. The van der Waals surface area contributed by atoms with E-state index in [-0.39, 0.29) is 5.91 Å². The molecule has 4 aromatic rings. The predicted octanol–water partition coefficient (Wildman–Crippen LogP) is 3.60. The minimum Gasteiger partial charge on any atom is -0.460 e. The fourth-order valence-electron chi connectivity index (χ4n) is 2.68. The number of carbonyl (C=O) groups is 1. The number of hydrogen-bond acceptors (Lipinski definition) is 5. The zero-order valence-electron chi connectivity index (χ0n) is 15.1. The Bertz CT molecular complexity index is 1110. The van der Waals surface area contributed by atoms with Crippen molar-refractivity contribution < 1.29 is 9.21 Å². The Hall–Kier alpha value is -4.00. The van der Waals surface area contributed by atoms with E-state index in [1.165, 1.54) is 0 Å². The molecule has 3 aromatic heterocycles. The Labute approximate surface area is 161 Å². The first-order chi connectivity index (χ1) is 13.7. The third-order valence-corrected chi connectivity index (χ3v) is 4.05. The van der Waals surface area contributed by atoms with Crippen LogP contribution in [0.3, 0.4) is 0 Å². The van der Waals surface area contributed by atoms with Crippen LogP contribution in [0.4, 0.5) is 0 Å². The average molecular weight is 371 g/mol. The molecule has 138 valence electrons. The van der Waals surface area contributed by atoms with Gasteiger partial charge in [-0.15, -0.1) is 0 Å². The van der Waals surface area contributed by atoms with Crippen LogP contribution in [0.5, 0.6) is 0 Å². The van der Waals surface area contributed by atoms with Gasteiger partial charge in [0.15, 0.2) is 5.76 Å². The summed E-state index contributed by atoms with van der Waals surface area (Å²) in [6, 6.07) is 16.7. The summed E-state index contributed by atoms with van der Waals surface area (Å²) in [4.78, 5) is 16.0. The van der Waals surface area contributed by atoms with Crippen molar-refractivity contribution in [2.45, 2.75) is 6.92 Å². The van der Waals surface area contributed by atoms with E-state index in [9.17, 15) is 4.79 Å². The minimum absolute atomic E-state index is 0.315. The molecule has 3 heterocycles. The molecule has 1 N–H and O–H groups in total. The van der Waals surface area contributed by atoms with Crippen molar-refractivity contribution in [2.75, 3.05) is 0 Å². The van der Waals surface area contributed by atoms with Gasteiger partial charge in [-0.25, -0.2) is 10.1 Å². The van der Waals surface area contributed by atoms with Crippen LogP contribution in [0.15, 0.2) is 82.7 Å². The molecule has 4 rings (SSSR count). The number of benzene rings is 1. The topological polar surface area (TPSA) is 85.3 Å². The van der Waals surface area contributed by atoms with Gasteiger partial charge in [-0.2, -0.15) is 10.2 Å². The number of pyridine rings is 1. The molecule has 0 aliphatic carbocycles. The lowest BCUT2D eigenvalue weighted by molar-refractivity contribution is 0.0955. The van der Waals surface area contributed by atoms with Crippen LogP contribution < -0.4 is 5.43 Å². The summed E-state index contributed by atoms with van der Waals surface area (Å²) in [7, 11) is 0. The van der Waals surface area contributed by atoms with E-state index in [0.717, 1.165) is 11.4 Å². The lowest BCUT2D eigenvalue weighted by atomic mass is 10.2. The third-order valence-electron chi connectivity index (χ3n) is 4.05. The largest absolute Gasteiger partial charge is 0.460 e. The van der Waals surface area contributed by atoms with E-state index >= 15 is 0 Å². The first-order valence-electron chi connectivity index (χ1n) is 8.66. The number of para-hydroxylation sites is 1. The normalized spacial score (nSPS) is 11.0. The highest BCUT2D eigenvalue weighted by Gasteiger charge is 2.14. The van der Waals surface area contributed by atoms with Crippen molar-refractivity contribution in [2.24, 2.45) is 5.10 Å². The number of nitrogens with zero attached hydrogens (tertiary/aromatic N) is 4. The molecule has 1 aromatic carbocycles. The van der Waals surface area contributed by atoms with Crippen molar-refractivity contribution in [1.29, 1.82) is 0 Å². The van der Waals surface area contributed by atoms with Crippen LogP contribution in [-0.4, -0.2) is 26.9 Å². The second-order valence-electron chi connectivity index (χ2n) is 6.06. The molecule has 0 spiro atoms. The molecule has 28 heavy (non-hydrogen) atoms. The quantitative estimate of drug-likeness (QED) is 0.429. The zero-order valence-corrected chi connectivity index (χ0v) is 15.1. The molecule has 7 heteroatoms. The van der Waals surface area contributed by atoms with Crippen molar-refractivity contribution in [1.82, 2.24) is 20.2 Å². The SMILES string of the molecule is Cc1ccc(-c2nn(-c3ccccc3)cc2C=NNC(=O)c2ccncc2)o1. The van der Waals surface area contributed by atoms with E-state index in [2.05, 4.69) is 20.6 Å². The highest BCUT2D eigenvalue weighted by Crippen LogP contribution is 2.24. The predicted molar refractivity (Wildman–Crippen MR) is 105 cm³/mol. The molecule has 0 radical (unpaired) electrons. The molecule has 0 aliphatic rings. The molecular formula is C21H17N5O2. The van der Waals surface area contributed by atoms with Gasteiger partial charge in [-0.05, 0) is 43.3 Å². The fraction of sp³-hybridized carbons (Fsp3) is 0.0476. The number of aromatic nitrogens is 3. The summed E-state index contributed by atoms with van der Waals surface area (Å²) in [5.74, 6) is 1.11. The maximum Gasteiger partial charge on any atom is 0.271 e. The standard InChI is InChI=1S/C21H17N5O2/c1-15-7-8-19(28-15)20-17(14-26(25-20)18-5-3-2-4-6-18)13-23-24-21(27)16-9-11-22-12-10-16/h2-14H,1H3,(H,24,27).